The van der Waals surface area contributed by atoms with Crippen LogP contribution in [0.3, 0.4) is 0 Å². The average Bonchev–Trinajstić information content (AvgIpc) is 2.73. The van der Waals surface area contributed by atoms with Gasteiger partial charge in [0, 0.05) is 6.04 Å². The number of benzene rings is 2. The fourth-order valence-corrected chi connectivity index (χ4v) is 4.26. The van der Waals surface area contributed by atoms with Crippen molar-refractivity contribution < 1.29 is 9.53 Å². The van der Waals surface area contributed by atoms with Gasteiger partial charge < -0.3 is 4.74 Å². The molecule has 0 N–H and O–H groups in total. The fraction of sp³-hybridized carbons (Fsp3) is 0.320. The molecule has 1 fully saturated rings. The van der Waals surface area contributed by atoms with E-state index in [9.17, 15) is 4.79 Å². The number of fused-ring (bicyclic) bond motifs is 2. The molecule has 2 heterocycles. The largest absolute Gasteiger partial charge is 0.445 e. The Morgan fingerprint density at radius 3 is 2.54 bits per heavy atom. The van der Waals surface area contributed by atoms with Crippen LogP contribution in [0.4, 0.5) is 4.79 Å². The van der Waals surface area contributed by atoms with Crippen LogP contribution in [0.2, 0.25) is 0 Å². The second-order valence-electron chi connectivity index (χ2n) is 7.65. The Kier molecular flexibility index (Phi) is 5.91. The Labute approximate surface area is 167 Å². The van der Waals surface area contributed by atoms with E-state index in [2.05, 4.69) is 42.5 Å². The van der Waals surface area contributed by atoms with E-state index in [1.54, 1.807) is 0 Å². The lowest BCUT2D eigenvalue weighted by Gasteiger charge is -2.44. The Balaban J connectivity index is 1.38. The van der Waals surface area contributed by atoms with Crippen LogP contribution in [-0.4, -0.2) is 23.1 Å². The predicted molar refractivity (Wildman–Crippen MR) is 113 cm³/mol. The molecule has 1 amide bonds. The maximum atomic E-state index is 12.8. The summed E-state index contributed by atoms with van der Waals surface area (Å²) in [5, 5.41) is 0. The lowest BCUT2D eigenvalue weighted by Crippen LogP contribution is -2.51. The predicted octanol–water partition coefficient (Wildman–Crippen LogP) is 5.98. The second kappa shape index (κ2) is 8.92. The summed E-state index contributed by atoms with van der Waals surface area (Å²) >= 11 is 0. The number of amides is 1. The summed E-state index contributed by atoms with van der Waals surface area (Å²) in [6.07, 6.45) is 11.7. The van der Waals surface area contributed by atoms with Crippen LogP contribution in [0.15, 0.2) is 78.4 Å². The third kappa shape index (κ3) is 4.53. The zero-order valence-electron chi connectivity index (χ0n) is 16.2. The van der Waals surface area contributed by atoms with Crippen LogP contribution in [0.1, 0.15) is 43.2 Å². The lowest BCUT2D eigenvalue weighted by atomic mass is 9.84. The van der Waals surface area contributed by atoms with Gasteiger partial charge in [0.1, 0.15) is 6.61 Å². The molecule has 4 rings (SSSR count). The summed E-state index contributed by atoms with van der Waals surface area (Å²) in [4.78, 5) is 14.7. The number of ether oxygens (including phenoxy) is 1. The molecule has 2 aliphatic heterocycles. The minimum atomic E-state index is -0.173. The average molecular weight is 373 g/mol. The van der Waals surface area contributed by atoms with Gasteiger partial charge in [0.2, 0.25) is 0 Å². The minimum Gasteiger partial charge on any atom is -0.445 e. The fourth-order valence-electron chi connectivity index (χ4n) is 4.26. The smallest absolute Gasteiger partial charge is 0.410 e. The van der Waals surface area contributed by atoms with Crippen LogP contribution < -0.4 is 0 Å². The molecule has 0 aliphatic carbocycles. The summed E-state index contributed by atoms with van der Waals surface area (Å²) in [6, 6.07) is 20.7. The molecule has 2 aromatic rings. The molecule has 28 heavy (non-hydrogen) atoms. The van der Waals surface area contributed by atoms with Crippen LogP contribution >= 0.6 is 0 Å². The Bertz CT molecular complexity index is 841. The van der Waals surface area contributed by atoms with Crippen molar-refractivity contribution in [3.8, 4) is 0 Å². The van der Waals surface area contributed by atoms with Crippen LogP contribution in [-0.2, 0) is 11.3 Å². The number of nitrogens with zero attached hydrogens (tertiary/aromatic N) is 1. The molecule has 2 atom stereocenters. The first kappa shape index (κ1) is 18.5. The van der Waals surface area contributed by atoms with Crippen molar-refractivity contribution in [2.45, 2.75) is 50.8 Å². The van der Waals surface area contributed by atoms with Crippen molar-refractivity contribution in [1.82, 2.24) is 4.90 Å². The SMILES string of the molecule is O=C(OCc1ccccc1)N1C2C=C(C/C=C/c3ccccc3)CC1CCC2. The first-order valence-corrected chi connectivity index (χ1v) is 10.2. The summed E-state index contributed by atoms with van der Waals surface area (Å²) in [6.45, 7) is 0.339. The number of piperidine rings is 1. The normalized spacial score (nSPS) is 21.4. The maximum Gasteiger partial charge on any atom is 0.410 e. The number of rotatable bonds is 5. The molecule has 0 aromatic heterocycles. The monoisotopic (exact) mass is 373 g/mol. The number of hydrogen-bond acceptors (Lipinski definition) is 2. The van der Waals surface area contributed by atoms with E-state index in [0.717, 1.165) is 31.2 Å². The summed E-state index contributed by atoms with van der Waals surface area (Å²) in [7, 11) is 0. The molecule has 2 aromatic carbocycles. The van der Waals surface area contributed by atoms with Crippen molar-refractivity contribution in [2.24, 2.45) is 0 Å². The Morgan fingerprint density at radius 1 is 1.04 bits per heavy atom. The van der Waals surface area contributed by atoms with E-state index in [1.165, 1.54) is 17.6 Å². The van der Waals surface area contributed by atoms with E-state index >= 15 is 0 Å². The van der Waals surface area contributed by atoms with E-state index in [-0.39, 0.29) is 18.2 Å². The Hall–Kier alpha value is -2.81. The van der Waals surface area contributed by atoms with Crippen molar-refractivity contribution >= 4 is 12.2 Å². The van der Waals surface area contributed by atoms with E-state index in [4.69, 9.17) is 4.74 Å². The first-order chi connectivity index (χ1) is 13.8. The zero-order chi connectivity index (χ0) is 19.2. The highest BCUT2D eigenvalue weighted by atomic mass is 16.6. The Morgan fingerprint density at radius 2 is 1.79 bits per heavy atom. The molecule has 2 aliphatic rings. The second-order valence-corrected chi connectivity index (χ2v) is 7.65. The van der Waals surface area contributed by atoms with Gasteiger partial charge in [-0.3, -0.25) is 4.90 Å². The zero-order valence-corrected chi connectivity index (χ0v) is 16.2. The van der Waals surface area contributed by atoms with Crippen LogP contribution in [0.25, 0.3) is 6.08 Å². The molecule has 2 unspecified atom stereocenters. The highest BCUT2D eigenvalue weighted by Crippen LogP contribution is 2.35. The summed E-state index contributed by atoms with van der Waals surface area (Å²) < 4.78 is 5.62. The number of carbonyl (C=O) groups is 1. The van der Waals surface area contributed by atoms with E-state index < -0.39 is 0 Å². The maximum absolute atomic E-state index is 12.8. The van der Waals surface area contributed by atoms with Gasteiger partial charge in [-0.1, -0.05) is 84.5 Å². The summed E-state index contributed by atoms with van der Waals surface area (Å²) in [5.74, 6) is 0. The van der Waals surface area contributed by atoms with Crippen molar-refractivity contribution in [3.05, 3.63) is 89.5 Å². The topological polar surface area (TPSA) is 29.5 Å². The quantitative estimate of drug-likeness (QED) is 0.603. The van der Waals surface area contributed by atoms with Gasteiger partial charge in [0.15, 0.2) is 0 Å². The van der Waals surface area contributed by atoms with Crippen LogP contribution in [0.5, 0.6) is 0 Å². The van der Waals surface area contributed by atoms with Crippen molar-refractivity contribution in [1.29, 1.82) is 0 Å². The van der Waals surface area contributed by atoms with Gasteiger partial charge in [0.05, 0.1) is 6.04 Å². The lowest BCUT2D eigenvalue weighted by molar-refractivity contribution is 0.0481. The molecule has 0 saturated carbocycles. The third-order valence-corrected chi connectivity index (χ3v) is 5.62. The van der Waals surface area contributed by atoms with Crippen molar-refractivity contribution in [3.63, 3.8) is 0 Å². The molecule has 144 valence electrons. The molecular formula is C25H27NO2. The van der Waals surface area contributed by atoms with Gasteiger partial charge in [-0.15, -0.1) is 0 Å². The molecule has 3 heteroatoms. The number of allylic oxidation sites excluding steroid dienone is 1. The van der Waals surface area contributed by atoms with E-state index in [0.29, 0.717) is 6.61 Å². The number of hydrogen-bond donors (Lipinski definition) is 0. The highest BCUT2D eigenvalue weighted by molar-refractivity contribution is 5.69. The summed E-state index contributed by atoms with van der Waals surface area (Å²) in [5.41, 5.74) is 3.69. The standard InChI is InChI=1S/C25H27NO2/c27-25(28-19-21-11-5-2-6-12-21)26-23-15-8-16-24(26)18-22(17-23)14-7-13-20-9-3-1-4-10-20/h1-7,9-13,17,23-24H,8,14-16,18-19H2/b13-7+. The third-order valence-electron chi connectivity index (χ3n) is 5.62. The molecular weight excluding hydrogens is 346 g/mol. The van der Waals surface area contributed by atoms with Gasteiger partial charge in [-0.25, -0.2) is 4.79 Å². The van der Waals surface area contributed by atoms with Gasteiger partial charge in [0.25, 0.3) is 0 Å². The van der Waals surface area contributed by atoms with Gasteiger partial charge in [-0.2, -0.15) is 0 Å². The van der Waals surface area contributed by atoms with Gasteiger partial charge in [-0.05, 0) is 43.2 Å². The molecule has 2 bridgehead atoms. The van der Waals surface area contributed by atoms with Gasteiger partial charge >= 0.3 is 6.09 Å². The van der Waals surface area contributed by atoms with Crippen molar-refractivity contribution in [2.75, 3.05) is 0 Å². The molecule has 1 saturated heterocycles. The van der Waals surface area contributed by atoms with E-state index in [1.807, 2.05) is 41.3 Å². The molecule has 3 nitrogen and oxygen atoms in total. The molecule has 0 spiro atoms. The van der Waals surface area contributed by atoms with Crippen LogP contribution in [0, 0.1) is 0 Å². The first-order valence-electron chi connectivity index (χ1n) is 10.2. The molecule has 0 radical (unpaired) electrons. The highest BCUT2D eigenvalue weighted by Gasteiger charge is 2.37. The minimum absolute atomic E-state index is 0.173. The number of carbonyl (C=O) groups excluding carboxylic acids is 1.